The molecule has 1 aliphatic carbocycles. The summed E-state index contributed by atoms with van der Waals surface area (Å²) in [5, 5.41) is 4.30. The van der Waals surface area contributed by atoms with Crippen LogP contribution in [-0.2, 0) is 18.2 Å². The van der Waals surface area contributed by atoms with E-state index in [-0.39, 0.29) is 0 Å². The van der Waals surface area contributed by atoms with Crippen LogP contribution >= 0.6 is 0 Å². The molecule has 4 heteroatoms. The highest BCUT2D eigenvalue weighted by molar-refractivity contribution is 5.08. The third-order valence-corrected chi connectivity index (χ3v) is 5.07. The molecule has 0 amide bonds. The van der Waals surface area contributed by atoms with Crippen LogP contribution in [0.15, 0.2) is 12.4 Å². The van der Waals surface area contributed by atoms with Gasteiger partial charge in [0.2, 0.25) is 0 Å². The smallest absolute Gasteiger partial charge is 0.0741 e. The number of likely N-dealkylation sites (tertiary alicyclic amines) is 1. The van der Waals surface area contributed by atoms with Crippen LogP contribution in [0.3, 0.4) is 0 Å². The van der Waals surface area contributed by atoms with Gasteiger partial charge in [-0.15, -0.1) is 0 Å². The molecule has 1 saturated carbocycles. The maximum Gasteiger partial charge on any atom is 0.0741 e. The van der Waals surface area contributed by atoms with Crippen LogP contribution in [-0.4, -0.2) is 47.0 Å². The van der Waals surface area contributed by atoms with Crippen molar-refractivity contribution in [2.24, 2.45) is 13.0 Å². The molecular weight excluding hydrogens is 250 g/mol. The zero-order valence-electron chi connectivity index (χ0n) is 12.8. The predicted molar refractivity (Wildman–Crippen MR) is 79.6 cm³/mol. The highest BCUT2D eigenvalue weighted by atomic mass is 16.5. The monoisotopic (exact) mass is 277 g/mol. The third-order valence-electron chi connectivity index (χ3n) is 5.07. The Morgan fingerprint density at radius 1 is 1.30 bits per heavy atom. The van der Waals surface area contributed by atoms with Crippen molar-refractivity contribution in [3.05, 3.63) is 18.0 Å². The van der Waals surface area contributed by atoms with E-state index in [0.29, 0.717) is 12.1 Å². The van der Waals surface area contributed by atoms with Gasteiger partial charge in [-0.2, -0.15) is 5.10 Å². The average molecular weight is 277 g/mol. The van der Waals surface area contributed by atoms with Crippen molar-refractivity contribution >= 4 is 0 Å². The van der Waals surface area contributed by atoms with E-state index in [1.165, 1.54) is 50.8 Å². The van der Waals surface area contributed by atoms with Gasteiger partial charge in [0, 0.05) is 39.5 Å². The Morgan fingerprint density at radius 2 is 2.10 bits per heavy atom. The van der Waals surface area contributed by atoms with Gasteiger partial charge in [0.25, 0.3) is 0 Å². The maximum atomic E-state index is 5.73. The van der Waals surface area contributed by atoms with Gasteiger partial charge >= 0.3 is 0 Å². The minimum atomic E-state index is 0.386. The van der Waals surface area contributed by atoms with E-state index >= 15 is 0 Å². The quantitative estimate of drug-likeness (QED) is 0.827. The SMILES string of the molecule is CO[C@@H]1CCN(CC2CCCC2)[C@@H]1Cc1cnn(C)c1. The second-order valence-electron chi connectivity index (χ2n) is 6.50. The summed E-state index contributed by atoms with van der Waals surface area (Å²) in [6.45, 7) is 2.46. The molecule has 2 heterocycles. The normalized spacial score (nSPS) is 28.5. The fraction of sp³-hybridized carbons (Fsp3) is 0.812. The zero-order valence-corrected chi connectivity index (χ0v) is 12.8. The lowest BCUT2D eigenvalue weighted by molar-refractivity contribution is 0.0617. The standard InChI is InChI=1S/C16H27N3O/c1-18-11-14(10-17-18)9-15-16(20-2)7-8-19(15)12-13-5-3-4-6-13/h10-11,13,15-16H,3-9,12H2,1-2H3/t15-,16-/m1/s1. The lowest BCUT2D eigenvalue weighted by atomic mass is 10.0. The summed E-state index contributed by atoms with van der Waals surface area (Å²) in [5.74, 6) is 0.919. The summed E-state index contributed by atoms with van der Waals surface area (Å²) in [5.41, 5.74) is 1.33. The molecule has 1 aromatic heterocycles. The Labute approximate surface area is 122 Å². The largest absolute Gasteiger partial charge is 0.380 e. The molecule has 0 spiro atoms. The van der Waals surface area contributed by atoms with Crippen molar-refractivity contribution in [1.82, 2.24) is 14.7 Å². The van der Waals surface area contributed by atoms with Crippen LogP contribution in [0.25, 0.3) is 0 Å². The highest BCUT2D eigenvalue weighted by Crippen LogP contribution is 2.30. The molecule has 2 aliphatic rings. The van der Waals surface area contributed by atoms with Crippen LogP contribution < -0.4 is 0 Å². The Kier molecular flexibility index (Phi) is 4.41. The molecule has 0 aromatic carbocycles. The van der Waals surface area contributed by atoms with Crippen molar-refractivity contribution in [2.45, 2.75) is 50.7 Å². The number of hydrogen-bond donors (Lipinski definition) is 0. The Balaban J connectivity index is 1.65. The Bertz CT molecular complexity index is 425. The minimum Gasteiger partial charge on any atom is -0.380 e. The number of rotatable bonds is 5. The van der Waals surface area contributed by atoms with Crippen molar-refractivity contribution < 1.29 is 4.74 Å². The molecular formula is C16H27N3O. The van der Waals surface area contributed by atoms with Crippen molar-refractivity contribution in [2.75, 3.05) is 20.2 Å². The van der Waals surface area contributed by atoms with E-state index in [2.05, 4.69) is 16.2 Å². The molecule has 2 fully saturated rings. The summed E-state index contributed by atoms with van der Waals surface area (Å²) in [4.78, 5) is 2.68. The molecule has 0 N–H and O–H groups in total. The Hall–Kier alpha value is -0.870. The molecule has 20 heavy (non-hydrogen) atoms. The molecule has 0 bridgehead atoms. The fourth-order valence-corrected chi connectivity index (χ4v) is 3.99. The molecule has 3 rings (SSSR count). The number of nitrogens with zero attached hydrogens (tertiary/aromatic N) is 3. The van der Waals surface area contributed by atoms with Gasteiger partial charge in [-0.3, -0.25) is 9.58 Å². The van der Waals surface area contributed by atoms with Gasteiger partial charge in [0.1, 0.15) is 0 Å². The summed E-state index contributed by atoms with van der Waals surface area (Å²) in [7, 11) is 3.85. The first-order valence-corrected chi connectivity index (χ1v) is 8.00. The van der Waals surface area contributed by atoms with Gasteiger partial charge in [-0.05, 0) is 37.2 Å². The molecule has 112 valence electrons. The molecule has 0 radical (unpaired) electrons. The van der Waals surface area contributed by atoms with Gasteiger partial charge in [0.05, 0.1) is 12.3 Å². The number of aryl methyl sites for hydroxylation is 1. The van der Waals surface area contributed by atoms with Crippen LogP contribution in [0.4, 0.5) is 0 Å². The second kappa shape index (κ2) is 6.27. The summed E-state index contributed by atoms with van der Waals surface area (Å²) in [6, 6.07) is 0.532. The van der Waals surface area contributed by atoms with Crippen LogP contribution in [0.1, 0.15) is 37.7 Å². The first-order valence-electron chi connectivity index (χ1n) is 8.00. The van der Waals surface area contributed by atoms with Crippen LogP contribution in [0.5, 0.6) is 0 Å². The lowest BCUT2D eigenvalue weighted by Crippen LogP contribution is -2.40. The number of aromatic nitrogens is 2. The van der Waals surface area contributed by atoms with Gasteiger partial charge in [-0.1, -0.05) is 12.8 Å². The van der Waals surface area contributed by atoms with Gasteiger partial charge < -0.3 is 4.74 Å². The van der Waals surface area contributed by atoms with Crippen LogP contribution in [0.2, 0.25) is 0 Å². The van der Waals surface area contributed by atoms with Crippen LogP contribution in [0, 0.1) is 5.92 Å². The number of hydrogen-bond acceptors (Lipinski definition) is 3. The second-order valence-corrected chi connectivity index (χ2v) is 6.50. The predicted octanol–water partition coefficient (Wildman–Crippen LogP) is 2.24. The molecule has 1 aliphatic heterocycles. The van der Waals surface area contributed by atoms with E-state index < -0.39 is 0 Å². The fourth-order valence-electron chi connectivity index (χ4n) is 3.99. The molecule has 0 unspecified atom stereocenters. The van der Waals surface area contributed by atoms with E-state index in [0.717, 1.165) is 12.3 Å². The Morgan fingerprint density at radius 3 is 2.75 bits per heavy atom. The molecule has 2 atom stereocenters. The summed E-state index contributed by atoms with van der Waals surface area (Å²) in [6.07, 6.45) is 12.5. The number of methoxy groups -OCH3 is 1. The molecule has 1 aromatic rings. The van der Waals surface area contributed by atoms with Gasteiger partial charge in [-0.25, -0.2) is 0 Å². The number of ether oxygens (including phenoxy) is 1. The van der Waals surface area contributed by atoms with E-state index in [1.807, 2.05) is 25.0 Å². The topological polar surface area (TPSA) is 30.3 Å². The van der Waals surface area contributed by atoms with E-state index in [1.54, 1.807) is 0 Å². The first-order chi connectivity index (χ1) is 9.76. The molecule has 4 nitrogen and oxygen atoms in total. The average Bonchev–Trinajstić information content (AvgIpc) is 3.15. The third kappa shape index (κ3) is 3.07. The van der Waals surface area contributed by atoms with E-state index in [4.69, 9.17) is 4.74 Å². The zero-order chi connectivity index (χ0) is 13.9. The van der Waals surface area contributed by atoms with Crippen molar-refractivity contribution in [1.29, 1.82) is 0 Å². The van der Waals surface area contributed by atoms with Crippen molar-refractivity contribution in [3.8, 4) is 0 Å². The molecule has 1 saturated heterocycles. The maximum absolute atomic E-state index is 5.73. The highest BCUT2D eigenvalue weighted by Gasteiger charge is 2.35. The van der Waals surface area contributed by atoms with Crippen molar-refractivity contribution in [3.63, 3.8) is 0 Å². The van der Waals surface area contributed by atoms with Gasteiger partial charge in [0.15, 0.2) is 0 Å². The van der Waals surface area contributed by atoms with E-state index in [9.17, 15) is 0 Å². The summed E-state index contributed by atoms with van der Waals surface area (Å²) < 4.78 is 7.62. The first kappa shape index (κ1) is 14.1. The summed E-state index contributed by atoms with van der Waals surface area (Å²) >= 11 is 0. The lowest BCUT2D eigenvalue weighted by Gasteiger charge is -2.29. The minimum absolute atomic E-state index is 0.386.